The summed E-state index contributed by atoms with van der Waals surface area (Å²) in [6.07, 6.45) is 4.97. The minimum atomic E-state index is -0.164. The third kappa shape index (κ3) is 4.25. The topological polar surface area (TPSA) is 83.9 Å². The number of para-hydroxylation sites is 1. The molecule has 4 rings (SSSR count). The Kier molecular flexibility index (Phi) is 4.74. The second-order valence-corrected chi connectivity index (χ2v) is 6.79. The summed E-state index contributed by atoms with van der Waals surface area (Å²) in [4.78, 5) is 16.4. The van der Waals surface area contributed by atoms with E-state index >= 15 is 0 Å². The van der Waals surface area contributed by atoms with Crippen LogP contribution < -0.4 is 16.0 Å². The Balaban J connectivity index is 1.45. The molecule has 7 heteroatoms. The molecule has 0 bridgehead atoms. The summed E-state index contributed by atoms with van der Waals surface area (Å²) in [5, 5.41) is 13.5. The van der Waals surface area contributed by atoms with Crippen molar-refractivity contribution < 1.29 is 4.79 Å². The molecule has 0 saturated heterocycles. The lowest BCUT2D eigenvalue weighted by Gasteiger charge is -2.26. The van der Waals surface area contributed by atoms with Gasteiger partial charge in [-0.3, -0.25) is 0 Å². The highest BCUT2D eigenvalue weighted by Crippen LogP contribution is 2.22. The van der Waals surface area contributed by atoms with E-state index in [-0.39, 0.29) is 6.03 Å². The summed E-state index contributed by atoms with van der Waals surface area (Å²) in [6, 6.07) is 15.7. The van der Waals surface area contributed by atoms with Crippen LogP contribution in [0, 0.1) is 6.92 Å². The fourth-order valence-corrected chi connectivity index (χ4v) is 2.99. The lowest BCUT2D eigenvalue weighted by molar-refractivity contribution is 0.240. The van der Waals surface area contributed by atoms with Gasteiger partial charge in [-0.1, -0.05) is 18.2 Å². The molecule has 0 atom stereocenters. The summed E-state index contributed by atoms with van der Waals surface area (Å²) < 4.78 is 1.71. The van der Waals surface area contributed by atoms with Gasteiger partial charge in [0.05, 0.1) is 5.69 Å². The highest BCUT2D eigenvalue weighted by molar-refractivity contribution is 5.90. The highest BCUT2D eigenvalue weighted by Gasteiger charge is 2.19. The number of amides is 2. The second kappa shape index (κ2) is 7.49. The fraction of sp³-hybridized carbons (Fsp3) is 0.250. The first-order valence-corrected chi connectivity index (χ1v) is 9.09. The number of hydrogen-bond donors (Lipinski definition) is 3. The predicted octanol–water partition coefficient (Wildman–Crippen LogP) is 3.99. The maximum Gasteiger partial charge on any atom is 0.319 e. The average molecular weight is 362 g/mol. The zero-order valence-electron chi connectivity index (χ0n) is 15.1. The van der Waals surface area contributed by atoms with E-state index in [4.69, 9.17) is 0 Å². The number of hydrogen-bond acceptors (Lipinski definition) is 4. The van der Waals surface area contributed by atoms with E-state index in [9.17, 15) is 4.79 Å². The first kappa shape index (κ1) is 17.1. The molecule has 1 aromatic heterocycles. The van der Waals surface area contributed by atoms with Gasteiger partial charge in [-0.25, -0.2) is 9.48 Å². The first-order valence-electron chi connectivity index (χ1n) is 9.09. The van der Waals surface area contributed by atoms with Crippen molar-refractivity contribution in [1.29, 1.82) is 0 Å². The highest BCUT2D eigenvalue weighted by atomic mass is 16.2. The number of nitrogens with one attached hydrogen (secondary N) is 3. The Morgan fingerprint density at radius 1 is 1.11 bits per heavy atom. The van der Waals surface area contributed by atoms with Crippen molar-refractivity contribution in [3.63, 3.8) is 0 Å². The molecule has 2 aromatic carbocycles. The molecular formula is C20H22N6O. The molecule has 1 aliphatic rings. The van der Waals surface area contributed by atoms with E-state index in [0.717, 1.165) is 35.5 Å². The summed E-state index contributed by atoms with van der Waals surface area (Å²) in [7, 11) is 0. The van der Waals surface area contributed by atoms with Crippen molar-refractivity contribution in [2.75, 3.05) is 10.6 Å². The largest absolute Gasteiger partial charge is 0.335 e. The molecule has 138 valence electrons. The van der Waals surface area contributed by atoms with Gasteiger partial charge in [-0.05, 0) is 62.1 Å². The Labute approximate surface area is 157 Å². The summed E-state index contributed by atoms with van der Waals surface area (Å²) in [5.41, 5.74) is 3.52. The number of carbonyl (C=O) groups excluding carboxylic acids is 1. The zero-order chi connectivity index (χ0) is 18.6. The van der Waals surface area contributed by atoms with Crippen LogP contribution in [0.25, 0.3) is 5.69 Å². The second-order valence-electron chi connectivity index (χ2n) is 6.79. The molecule has 1 saturated carbocycles. The van der Waals surface area contributed by atoms with Crippen LogP contribution in [0.1, 0.15) is 24.8 Å². The van der Waals surface area contributed by atoms with Crippen LogP contribution in [0.3, 0.4) is 0 Å². The number of benzene rings is 2. The molecule has 0 spiro atoms. The maximum absolute atomic E-state index is 12.1. The third-order valence-corrected chi connectivity index (χ3v) is 4.54. The van der Waals surface area contributed by atoms with Crippen LogP contribution in [0.2, 0.25) is 0 Å². The van der Waals surface area contributed by atoms with Gasteiger partial charge in [-0.2, -0.15) is 4.98 Å². The molecule has 1 heterocycles. The van der Waals surface area contributed by atoms with Crippen LogP contribution in [-0.2, 0) is 0 Å². The maximum atomic E-state index is 12.1. The minimum absolute atomic E-state index is 0.164. The van der Waals surface area contributed by atoms with Crippen molar-refractivity contribution in [2.24, 2.45) is 0 Å². The van der Waals surface area contributed by atoms with Crippen LogP contribution in [-0.4, -0.2) is 26.8 Å². The molecule has 0 radical (unpaired) electrons. The fourth-order valence-electron chi connectivity index (χ4n) is 2.99. The smallest absolute Gasteiger partial charge is 0.319 e. The zero-order valence-corrected chi connectivity index (χ0v) is 15.1. The van der Waals surface area contributed by atoms with Gasteiger partial charge in [-0.15, -0.1) is 5.10 Å². The van der Waals surface area contributed by atoms with Gasteiger partial charge < -0.3 is 16.0 Å². The summed E-state index contributed by atoms with van der Waals surface area (Å²) >= 11 is 0. The Morgan fingerprint density at radius 2 is 1.89 bits per heavy atom. The minimum Gasteiger partial charge on any atom is -0.335 e. The quantitative estimate of drug-likeness (QED) is 0.641. The van der Waals surface area contributed by atoms with Gasteiger partial charge >= 0.3 is 6.03 Å². The molecule has 0 unspecified atom stereocenters. The van der Waals surface area contributed by atoms with Gasteiger partial charge in [0, 0.05) is 17.4 Å². The Hall–Kier alpha value is -3.35. The number of rotatable bonds is 5. The van der Waals surface area contributed by atoms with E-state index in [0.29, 0.717) is 12.0 Å². The molecule has 3 aromatic rings. The molecule has 3 N–H and O–H groups in total. The van der Waals surface area contributed by atoms with E-state index < -0.39 is 0 Å². The van der Waals surface area contributed by atoms with Gasteiger partial charge in [0.25, 0.3) is 0 Å². The Morgan fingerprint density at radius 3 is 2.63 bits per heavy atom. The van der Waals surface area contributed by atoms with Gasteiger partial charge in [0.15, 0.2) is 0 Å². The molecule has 7 nitrogen and oxygen atoms in total. The predicted molar refractivity (Wildman–Crippen MR) is 106 cm³/mol. The van der Waals surface area contributed by atoms with E-state index in [1.807, 2.05) is 55.5 Å². The number of aryl methyl sites for hydroxylation is 1. The van der Waals surface area contributed by atoms with Gasteiger partial charge in [0.1, 0.15) is 6.33 Å². The first-order chi connectivity index (χ1) is 13.2. The number of anilines is 3. The average Bonchev–Trinajstić information content (AvgIpc) is 3.07. The molecule has 2 amide bonds. The van der Waals surface area contributed by atoms with E-state index in [1.165, 1.54) is 6.42 Å². The number of urea groups is 1. The van der Waals surface area contributed by atoms with Crippen molar-refractivity contribution >= 4 is 23.4 Å². The lowest BCUT2D eigenvalue weighted by Crippen LogP contribution is -2.41. The van der Waals surface area contributed by atoms with Crippen LogP contribution in [0.4, 0.5) is 22.1 Å². The van der Waals surface area contributed by atoms with Crippen LogP contribution >= 0.6 is 0 Å². The van der Waals surface area contributed by atoms with Crippen molar-refractivity contribution in [1.82, 2.24) is 20.1 Å². The van der Waals surface area contributed by atoms with Crippen molar-refractivity contribution in [3.05, 3.63) is 60.4 Å². The van der Waals surface area contributed by atoms with Crippen LogP contribution in [0.5, 0.6) is 0 Å². The molecular weight excluding hydrogens is 340 g/mol. The van der Waals surface area contributed by atoms with Crippen molar-refractivity contribution in [3.8, 4) is 5.69 Å². The van der Waals surface area contributed by atoms with Crippen LogP contribution in [0.15, 0.2) is 54.9 Å². The summed E-state index contributed by atoms with van der Waals surface area (Å²) in [6.45, 7) is 1.98. The SMILES string of the molecule is Cc1cc(NC(=O)NC2CCC2)cc(Nc2ncn(-c3ccccc3)n2)c1. The molecule has 27 heavy (non-hydrogen) atoms. The van der Waals surface area contributed by atoms with E-state index in [2.05, 4.69) is 26.0 Å². The molecule has 1 aliphatic carbocycles. The molecule has 0 aliphatic heterocycles. The monoisotopic (exact) mass is 362 g/mol. The Bertz CT molecular complexity index is 933. The standard InChI is InChI=1S/C20H22N6O/c1-14-10-16(12-17(11-14)24-20(27)23-15-6-5-7-15)22-19-21-13-26(25-19)18-8-3-2-4-9-18/h2-4,8-13,15H,5-7H2,1H3,(H,22,25)(H2,23,24,27). The van der Waals surface area contributed by atoms with Crippen molar-refractivity contribution in [2.45, 2.75) is 32.2 Å². The van der Waals surface area contributed by atoms with Gasteiger partial charge in [0.2, 0.25) is 5.95 Å². The lowest BCUT2D eigenvalue weighted by atomic mass is 9.93. The number of nitrogens with zero attached hydrogens (tertiary/aromatic N) is 3. The number of aromatic nitrogens is 3. The number of carbonyl (C=O) groups is 1. The summed E-state index contributed by atoms with van der Waals surface area (Å²) in [5.74, 6) is 0.495. The molecule has 1 fully saturated rings. The third-order valence-electron chi connectivity index (χ3n) is 4.54. The van der Waals surface area contributed by atoms with E-state index in [1.54, 1.807) is 11.0 Å². The normalized spacial score (nSPS) is 13.7.